The van der Waals surface area contributed by atoms with Crippen LogP contribution in [0.5, 0.6) is 5.75 Å². The minimum Gasteiger partial charge on any atom is -0.481 e. The number of carbonyl (C=O) groups is 1. The average molecular weight is 461 g/mol. The largest absolute Gasteiger partial charge is 0.481 e. The van der Waals surface area contributed by atoms with Gasteiger partial charge in [0.15, 0.2) is 6.10 Å². The van der Waals surface area contributed by atoms with Crippen LogP contribution in [0.4, 0.5) is 5.69 Å². The zero-order valence-corrected chi connectivity index (χ0v) is 20.1. The minimum absolute atomic E-state index is 0.416. The Balaban J connectivity index is 2.34. The molecule has 0 saturated heterocycles. The number of ether oxygens (including phenoxy) is 1. The van der Waals surface area contributed by atoms with E-state index in [2.05, 4.69) is 11.6 Å². The third-order valence-corrected chi connectivity index (χ3v) is 6.63. The fraction of sp³-hybridized carbons (Fsp3) is 0.682. The summed E-state index contributed by atoms with van der Waals surface area (Å²) in [5, 5.41) is -0.511. The Morgan fingerprint density at radius 3 is 1.93 bits per heavy atom. The van der Waals surface area contributed by atoms with Crippen LogP contribution in [0.3, 0.4) is 0 Å². The summed E-state index contributed by atoms with van der Waals surface area (Å²) in [5.41, 5.74) is 0.416. The molecular formula is C22H37ClN2O4S. The van der Waals surface area contributed by atoms with E-state index in [0.717, 1.165) is 23.6 Å². The Morgan fingerprint density at radius 1 is 0.967 bits per heavy atom. The molecule has 30 heavy (non-hydrogen) atoms. The zero-order valence-electron chi connectivity index (χ0n) is 18.5. The van der Waals surface area contributed by atoms with Gasteiger partial charge in [-0.2, -0.15) is 12.7 Å². The van der Waals surface area contributed by atoms with Gasteiger partial charge in [-0.3, -0.25) is 9.52 Å². The van der Waals surface area contributed by atoms with Crippen molar-refractivity contribution in [1.82, 2.24) is 4.31 Å². The lowest BCUT2D eigenvalue weighted by Gasteiger charge is -2.16. The molecule has 172 valence electrons. The quantitative estimate of drug-likeness (QED) is 0.238. The first-order chi connectivity index (χ1) is 14.3. The fourth-order valence-electron chi connectivity index (χ4n) is 3.04. The number of hydrogen-bond donors (Lipinski definition) is 1. The van der Waals surface area contributed by atoms with Gasteiger partial charge in [0, 0.05) is 14.1 Å². The van der Waals surface area contributed by atoms with E-state index in [-0.39, 0.29) is 0 Å². The third kappa shape index (κ3) is 11.2. The highest BCUT2D eigenvalue weighted by Gasteiger charge is 2.18. The van der Waals surface area contributed by atoms with Crippen LogP contribution in [0.15, 0.2) is 24.3 Å². The molecule has 0 aliphatic heterocycles. The molecule has 1 aromatic carbocycles. The first-order valence-electron chi connectivity index (χ1n) is 10.9. The van der Waals surface area contributed by atoms with Gasteiger partial charge in [0.25, 0.3) is 5.24 Å². The van der Waals surface area contributed by atoms with E-state index in [4.69, 9.17) is 16.3 Å². The molecule has 0 bridgehead atoms. The van der Waals surface area contributed by atoms with Crippen molar-refractivity contribution in [1.29, 1.82) is 0 Å². The number of unbranched alkanes of at least 4 members (excludes halogenated alkanes) is 9. The van der Waals surface area contributed by atoms with E-state index < -0.39 is 21.6 Å². The molecule has 6 nitrogen and oxygen atoms in total. The van der Waals surface area contributed by atoms with Crippen molar-refractivity contribution in [2.24, 2.45) is 0 Å². The molecule has 0 aliphatic rings. The van der Waals surface area contributed by atoms with Crippen LogP contribution >= 0.6 is 11.6 Å². The number of rotatable bonds is 17. The predicted octanol–water partition coefficient (Wildman–Crippen LogP) is 5.73. The monoisotopic (exact) mass is 460 g/mol. The average Bonchev–Trinajstić information content (AvgIpc) is 2.69. The summed E-state index contributed by atoms with van der Waals surface area (Å²) < 4.78 is 32.9. The van der Waals surface area contributed by atoms with Crippen molar-refractivity contribution in [2.45, 2.75) is 83.7 Å². The van der Waals surface area contributed by atoms with Gasteiger partial charge >= 0.3 is 10.2 Å². The summed E-state index contributed by atoms with van der Waals surface area (Å²) in [7, 11) is -0.664. The number of carbonyl (C=O) groups excluding carboxylic acids is 1. The smallest absolute Gasteiger partial charge is 0.301 e. The lowest BCUT2D eigenvalue weighted by molar-refractivity contribution is -0.118. The summed E-state index contributed by atoms with van der Waals surface area (Å²) in [6.07, 6.45) is 12.1. The van der Waals surface area contributed by atoms with Crippen molar-refractivity contribution >= 4 is 32.7 Å². The van der Waals surface area contributed by atoms with Gasteiger partial charge in [-0.25, -0.2) is 0 Å². The van der Waals surface area contributed by atoms with Crippen LogP contribution in [0.2, 0.25) is 0 Å². The molecule has 0 aliphatic carbocycles. The van der Waals surface area contributed by atoms with Crippen molar-refractivity contribution in [2.75, 3.05) is 18.8 Å². The summed E-state index contributed by atoms with van der Waals surface area (Å²) in [4.78, 5) is 11.7. The number of hydrogen-bond acceptors (Lipinski definition) is 4. The molecule has 0 aromatic heterocycles. The Morgan fingerprint density at radius 2 is 1.47 bits per heavy atom. The molecule has 1 N–H and O–H groups in total. The molecule has 1 rings (SSSR count). The van der Waals surface area contributed by atoms with Gasteiger partial charge in [-0.15, -0.1) is 0 Å². The second-order valence-electron chi connectivity index (χ2n) is 7.80. The van der Waals surface area contributed by atoms with Crippen molar-refractivity contribution in [3.8, 4) is 5.75 Å². The van der Waals surface area contributed by atoms with Crippen molar-refractivity contribution in [3.63, 3.8) is 0 Å². The van der Waals surface area contributed by atoms with Crippen molar-refractivity contribution in [3.05, 3.63) is 24.3 Å². The summed E-state index contributed by atoms with van der Waals surface area (Å²) >= 11 is 5.71. The SMILES string of the molecule is CCCCCCCCCCCCC(Oc1ccc(NS(=O)(=O)N(C)C)cc1)C(=O)Cl. The van der Waals surface area contributed by atoms with E-state index in [0.29, 0.717) is 17.9 Å². The van der Waals surface area contributed by atoms with E-state index >= 15 is 0 Å². The number of anilines is 1. The standard InChI is InChI=1S/C22H37ClN2O4S/c1-4-5-6-7-8-9-10-11-12-13-14-21(22(23)26)29-20-17-15-19(16-18-20)24-30(27,28)25(2)3/h15-18,21,24H,4-14H2,1-3H3. The molecule has 1 aromatic rings. The lowest BCUT2D eigenvalue weighted by atomic mass is 10.0. The van der Waals surface area contributed by atoms with Crippen LogP contribution in [0.1, 0.15) is 77.6 Å². The maximum absolute atomic E-state index is 11.8. The van der Waals surface area contributed by atoms with Crippen LogP contribution in [-0.2, 0) is 15.0 Å². The Kier molecular flexibility index (Phi) is 13.1. The van der Waals surface area contributed by atoms with Gasteiger partial charge in [0.05, 0.1) is 5.69 Å². The van der Waals surface area contributed by atoms with E-state index in [1.807, 2.05) is 0 Å². The maximum atomic E-state index is 11.8. The Labute approximate surface area is 187 Å². The molecule has 0 fully saturated rings. The highest BCUT2D eigenvalue weighted by Crippen LogP contribution is 2.21. The van der Waals surface area contributed by atoms with Gasteiger partial charge in [-0.1, -0.05) is 64.7 Å². The van der Waals surface area contributed by atoms with Gasteiger partial charge < -0.3 is 4.74 Å². The molecule has 0 saturated carbocycles. The van der Waals surface area contributed by atoms with Crippen LogP contribution in [-0.4, -0.2) is 38.2 Å². The molecule has 8 heteroatoms. The first-order valence-corrected chi connectivity index (χ1v) is 12.7. The molecule has 0 radical (unpaired) electrons. The third-order valence-electron chi connectivity index (χ3n) is 4.93. The molecule has 0 heterocycles. The molecule has 1 unspecified atom stereocenters. The summed E-state index contributed by atoms with van der Waals surface area (Å²) in [5.74, 6) is 0.480. The minimum atomic E-state index is -3.56. The Hall–Kier alpha value is -1.31. The van der Waals surface area contributed by atoms with E-state index in [1.165, 1.54) is 59.0 Å². The number of benzene rings is 1. The van der Waals surface area contributed by atoms with E-state index in [9.17, 15) is 13.2 Å². The van der Waals surface area contributed by atoms with E-state index in [1.54, 1.807) is 24.3 Å². The topological polar surface area (TPSA) is 75.7 Å². The van der Waals surface area contributed by atoms with Crippen molar-refractivity contribution < 1.29 is 17.9 Å². The summed E-state index contributed by atoms with van der Waals surface area (Å²) in [6, 6.07) is 6.43. The van der Waals surface area contributed by atoms with Crippen LogP contribution in [0.25, 0.3) is 0 Å². The molecule has 0 amide bonds. The highest BCUT2D eigenvalue weighted by atomic mass is 35.5. The highest BCUT2D eigenvalue weighted by molar-refractivity contribution is 7.90. The second kappa shape index (κ2) is 14.7. The zero-order chi connectivity index (χ0) is 22.4. The number of halogens is 1. The molecule has 1 atom stereocenters. The lowest BCUT2D eigenvalue weighted by Crippen LogP contribution is -2.28. The number of nitrogens with zero attached hydrogens (tertiary/aromatic N) is 1. The summed E-state index contributed by atoms with van der Waals surface area (Å²) in [6.45, 7) is 2.23. The predicted molar refractivity (Wildman–Crippen MR) is 124 cm³/mol. The van der Waals surface area contributed by atoms with Gasteiger partial charge in [0.2, 0.25) is 0 Å². The normalized spacial score (nSPS) is 12.7. The fourth-order valence-corrected chi connectivity index (χ4v) is 3.81. The maximum Gasteiger partial charge on any atom is 0.301 e. The second-order valence-corrected chi connectivity index (χ2v) is 10.1. The van der Waals surface area contributed by atoms with Gasteiger partial charge in [-0.05, 0) is 48.7 Å². The van der Waals surface area contributed by atoms with Gasteiger partial charge in [0.1, 0.15) is 5.75 Å². The first kappa shape index (κ1) is 26.7. The Bertz CT molecular complexity index is 708. The van der Waals surface area contributed by atoms with Crippen LogP contribution < -0.4 is 9.46 Å². The number of nitrogens with one attached hydrogen (secondary N) is 1. The van der Waals surface area contributed by atoms with Crippen LogP contribution in [0, 0.1) is 0 Å². The molecule has 0 spiro atoms. The molecular weight excluding hydrogens is 424 g/mol.